The molecule has 0 saturated heterocycles. The van der Waals surface area contributed by atoms with Crippen LogP contribution in [0.4, 0.5) is 0 Å². The molecule has 8 heteroatoms. The van der Waals surface area contributed by atoms with E-state index in [-0.39, 0.29) is 23.9 Å². The van der Waals surface area contributed by atoms with Crippen LogP contribution in [0, 0.1) is 0 Å². The van der Waals surface area contributed by atoms with Gasteiger partial charge in [0.15, 0.2) is 0 Å². The number of nitrogens with one attached hydrogen (secondary N) is 2. The van der Waals surface area contributed by atoms with Crippen LogP contribution in [0.2, 0.25) is 0 Å². The van der Waals surface area contributed by atoms with Crippen molar-refractivity contribution in [2.45, 2.75) is 49.8 Å². The molecule has 28 heavy (non-hydrogen) atoms. The third-order valence-electron chi connectivity index (χ3n) is 3.88. The summed E-state index contributed by atoms with van der Waals surface area (Å²) in [6.45, 7) is 5.79. The molecule has 0 aliphatic carbocycles. The zero-order chi connectivity index (χ0) is 19.9. The molecule has 0 bridgehead atoms. The zero-order valence-electron chi connectivity index (χ0n) is 16.3. The highest BCUT2D eigenvalue weighted by atomic mass is 35.5. The van der Waals surface area contributed by atoms with Gasteiger partial charge in [-0.2, -0.15) is 0 Å². The third-order valence-corrected chi connectivity index (χ3v) is 5.16. The predicted octanol–water partition coefficient (Wildman–Crippen LogP) is 2.68. The van der Waals surface area contributed by atoms with E-state index in [0.29, 0.717) is 6.42 Å². The van der Waals surface area contributed by atoms with E-state index in [1.165, 1.54) is 12.1 Å². The van der Waals surface area contributed by atoms with Crippen molar-refractivity contribution >= 4 is 22.4 Å². The molecule has 156 valence electrons. The molecule has 2 atom stereocenters. The maximum absolute atomic E-state index is 12.4. The molecule has 0 aliphatic heterocycles. The van der Waals surface area contributed by atoms with Crippen LogP contribution in [0.15, 0.2) is 65.6 Å². The van der Waals surface area contributed by atoms with Crippen molar-refractivity contribution in [3.05, 3.63) is 66.2 Å². The van der Waals surface area contributed by atoms with Gasteiger partial charge in [0.1, 0.15) is 0 Å². The lowest BCUT2D eigenvalue weighted by Crippen LogP contribution is -2.52. The van der Waals surface area contributed by atoms with E-state index in [2.05, 4.69) is 10.3 Å². The summed E-state index contributed by atoms with van der Waals surface area (Å²) in [7, 11) is -3.74. The number of aliphatic hydroxyl groups excluding tert-OH is 1. The Labute approximate surface area is 173 Å². The van der Waals surface area contributed by atoms with Gasteiger partial charge in [0.2, 0.25) is 0 Å². The summed E-state index contributed by atoms with van der Waals surface area (Å²) in [4.78, 5) is 2.53. The molecule has 2 aromatic rings. The number of sulfonamides is 1. The van der Waals surface area contributed by atoms with Gasteiger partial charge in [-0.15, -0.1) is 17.2 Å². The lowest BCUT2D eigenvalue weighted by Gasteiger charge is -2.28. The predicted molar refractivity (Wildman–Crippen MR) is 113 cm³/mol. The third kappa shape index (κ3) is 8.26. The summed E-state index contributed by atoms with van der Waals surface area (Å²) in [6, 6.07) is 17.1. The smallest absolute Gasteiger partial charge is 0.253 e. The van der Waals surface area contributed by atoms with Gasteiger partial charge < -0.3 is 9.84 Å². The van der Waals surface area contributed by atoms with Crippen LogP contribution in [0.3, 0.4) is 0 Å². The molecule has 6 nitrogen and oxygen atoms in total. The standard InChI is InChI=1S/C20H28N2O4S.ClH/c1-20(2,3)26-15-19(23)18(14-16-10-6-4-7-11-16)21-22-27(24,25)17-12-8-5-9-13-17;/h4-13,18-19,21-23H,14-15H2,1-3H3;1H/t18-,19-;/m0./s1. The van der Waals surface area contributed by atoms with Gasteiger partial charge in [-0.05, 0) is 44.9 Å². The Balaban J connectivity index is 0.00000392. The Morgan fingerprint density at radius 3 is 2.07 bits per heavy atom. The number of ether oxygens (including phenoxy) is 1. The molecule has 2 aromatic carbocycles. The van der Waals surface area contributed by atoms with E-state index in [9.17, 15) is 13.5 Å². The van der Waals surface area contributed by atoms with Crippen LogP contribution < -0.4 is 10.3 Å². The number of benzene rings is 2. The fraction of sp³-hybridized carbons (Fsp3) is 0.400. The molecule has 0 saturated carbocycles. The Kier molecular flexibility index (Phi) is 9.56. The molecular formula is C20H29ClN2O4S. The first-order chi connectivity index (χ1) is 12.7. The summed E-state index contributed by atoms with van der Waals surface area (Å²) < 4.78 is 30.5. The highest BCUT2D eigenvalue weighted by Gasteiger charge is 2.24. The van der Waals surface area contributed by atoms with Crippen molar-refractivity contribution in [1.29, 1.82) is 0 Å². The first kappa shape index (κ1) is 24.6. The number of hydrogen-bond donors (Lipinski definition) is 3. The monoisotopic (exact) mass is 428 g/mol. The van der Waals surface area contributed by atoms with E-state index in [0.717, 1.165) is 5.56 Å². The average molecular weight is 429 g/mol. The highest BCUT2D eigenvalue weighted by molar-refractivity contribution is 7.89. The fourth-order valence-corrected chi connectivity index (χ4v) is 3.35. The normalized spacial score (nSPS) is 14.1. The summed E-state index contributed by atoms with van der Waals surface area (Å²) >= 11 is 0. The molecular weight excluding hydrogens is 400 g/mol. The summed E-state index contributed by atoms with van der Waals surface area (Å²) in [6.07, 6.45) is -0.463. The summed E-state index contributed by atoms with van der Waals surface area (Å²) in [5, 5.41) is 10.6. The second kappa shape index (κ2) is 10.9. The summed E-state index contributed by atoms with van der Waals surface area (Å²) in [5.41, 5.74) is 3.35. The van der Waals surface area contributed by atoms with Crippen molar-refractivity contribution in [3.8, 4) is 0 Å². The first-order valence-electron chi connectivity index (χ1n) is 8.86. The van der Waals surface area contributed by atoms with Gasteiger partial charge in [-0.1, -0.05) is 48.5 Å². The van der Waals surface area contributed by atoms with Crippen LogP contribution in [-0.4, -0.2) is 37.9 Å². The average Bonchev–Trinajstić information content (AvgIpc) is 2.64. The minimum absolute atomic E-state index is 0. The van der Waals surface area contributed by atoms with E-state index >= 15 is 0 Å². The number of halogens is 1. The lowest BCUT2D eigenvalue weighted by atomic mass is 10.0. The first-order valence-corrected chi connectivity index (χ1v) is 10.3. The van der Waals surface area contributed by atoms with E-state index < -0.39 is 27.8 Å². The Hall–Kier alpha value is -1.48. The maximum atomic E-state index is 12.4. The van der Waals surface area contributed by atoms with Crippen molar-refractivity contribution in [3.63, 3.8) is 0 Å². The Morgan fingerprint density at radius 2 is 1.54 bits per heavy atom. The molecule has 0 unspecified atom stereocenters. The van der Waals surface area contributed by atoms with Crippen LogP contribution in [0.25, 0.3) is 0 Å². The van der Waals surface area contributed by atoms with Gasteiger partial charge in [-0.25, -0.2) is 13.8 Å². The van der Waals surface area contributed by atoms with Gasteiger partial charge in [0.05, 0.1) is 29.2 Å². The molecule has 0 amide bonds. The molecule has 0 aromatic heterocycles. The van der Waals surface area contributed by atoms with E-state index in [1.807, 2.05) is 51.1 Å². The van der Waals surface area contributed by atoms with Crippen LogP contribution in [0.5, 0.6) is 0 Å². The molecule has 0 radical (unpaired) electrons. The van der Waals surface area contributed by atoms with Gasteiger partial charge in [0.25, 0.3) is 10.0 Å². The minimum Gasteiger partial charge on any atom is -0.389 e. The van der Waals surface area contributed by atoms with E-state index in [1.54, 1.807) is 18.2 Å². The largest absolute Gasteiger partial charge is 0.389 e. The van der Waals surface area contributed by atoms with Gasteiger partial charge in [0, 0.05) is 0 Å². The van der Waals surface area contributed by atoms with Crippen molar-refractivity contribution in [2.75, 3.05) is 6.61 Å². The second-order valence-electron chi connectivity index (χ2n) is 7.35. The van der Waals surface area contributed by atoms with Gasteiger partial charge >= 0.3 is 0 Å². The van der Waals surface area contributed by atoms with Crippen molar-refractivity contribution in [1.82, 2.24) is 10.3 Å². The molecule has 0 fully saturated rings. The molecule has 0 aliphatic rings. The molecule has 0 spiro atoms. The Morgan fingerprint density at radius 1 is 1.00 bits per heavy atom. The number of hydrazine groups is 1. The number of hydrogen-bond acceptors (Lipinski definition) is 5. The van der Waals surface area contributed by atoms with E-state index in [4.69, 9.17) is 4.74 Å². The van der Waals surface area contributed by atoms with Crippen LogP contribution >= 0.6 is 12.4 Å². The SMILES string of the molecule is CC(C)(C)OC[C@H](O)[C@H](Cc1ccccc1)NNS(=O)(=O)c1ccccc1.Cl. The highest BCUT2D eigenvalue weighted by Crippen LogP contribution is 2.12. The molecule has 3 N–H and O–H groups in total. The van der Waals surface area contributed by atoms with Crippen LogP contribution in [-0.2, 0) is 21.2 Å². The molecule has 2 rings (SSSR count). The minimum atomic E-state index is -3.74. The number of aliphatic hydroxyl groups is 1. The zero-order valence-corrected chi connectivity index (χ0v) is 18.0. The fourth-order valence-electron chi connectivity index (χ4n) is 2.41. The second-order valence-corrected chi connectivity index (χ2v) is 9.03. The van der Waals surface area contributed by atoms with Crippen molar-refractivity contribution < 1.29 is 18.3 Å². The van der Waals surface area contributed by atoms with Crippen LogP contribution in [0.1, 0.15) is 26.3 Å². The number of rotatable bonds is 9. The molecule has 0 heterocycles. The topological polar surface area (TPSA) is 87.7 Å². The Bertz CT molecular complexity index is 796. The van der Waals surface area contributed by atoms with Crippen molar-refractivity contribution in [2.24, 2.45) is 0 Å². The lowest BCUT2D eigenvalue weighted by molar-refractivity contribution is -0.0585. The maximum Gasteiger partial charge on any atom is 0.253 e. The van der Waals surface area contributed by atoms with Gasteiger partial charge in [-0.3, -0.25) is 0 Å². The quantitative estimate of drug-likeness (QED) is 0.534. The summed E-state index contributed by atoms with van der Waals surface area (Å²) in [5.74, 6) is 0.